The second kappa shape index (κ2) is 8.64. The number of benzene rings is 2. The zero-order chi connectivity index (χ0) is 22.1. The average molecular weight is 423 g/mol. The molecule has 0 radical (unpaired) electrons. The number of hydrogen-bond acceptors (Lipinski definition) is 4. The van der Waals surface area contributed by atoms with Crippen molar-refractivity contribution in [2.24, 2.45) is 0 Å². The highest BCUT2D eigenvalue weighted by Crippen LogP contribution is 2.49. The molecule has 0 aliphatic carbocycles. The van der Waals surface area contributed by atoms with E-state index in [4.69, 9.17) is 4.74 Å². The molecule has 4 rings (SSSR count). The van der Waals surface area contributed by atoms with Crippen molar-refractivity contribution in [1.82, 2.24) is 4.90 Å². The van der Waals surface area contributed by atoms with E-state index >= 15 is 0 Å². The molecule has 0 unspecified atom stereocenters. The number of carbonyl (C=O) groups excluding carboxylic acids is 1. The molecule has 5 heteroatoms. The Bertz CT molecular complexity index is 912. The van der Waals surface area contributed by atoms with Gasteiger partial charge in [0.05, 0.1) is 5.69 Å². The normalized spacial score (nSPS) is 18.3. The van der Waals surface area contributed by atoms with Crippen molar-refractivity contribution in [3.05, 3.63) is 65.2 Å². The Balaban J connectivity index is 1.59. The van der Waals surface area contributed by atoms with Gasteiger partial charge in [-0.1, -0.05) is 42.5 Å². The van der Waals surface area contributed by atoms with Crippen molar-refractivity contribution in [3.63, 3.8) is 0 Å². The molecule has 1 N–H and O–H groups in total. The van der Waals surface area contributed by atoms with E-state index in [1.54, 1.807) is 0 Å². The molecule has 5 nitrogen and oxygen atoms in total. The summed E-state index contributed by atoms with van der Waals surface area (Å²) in [5, 5.41) is 9.66. The molecule has 0 saturated carbocycles. The van der Waals surface area contributed by atoms with E-state index in [0.717, 1.165) is 43.7 Å². The zero-order valence-electron chi connectivity index (χ0n) is 18.9. The topological polar surface area (TPSA) is 53.0 Å². The summed E-state index contributed by atoms with van der Waals surface area (Å²) in [6, 6.07) is 16.7. The summed E-state index contributed by atoms with van der Waals surface area (Å²) in [6.07, 6.45) is 2.32. The number of carbonyl (C=O) groups is 1. The highest BCUT2D eigenvalue weighted by atomic mass is 16.6. The maximum absolute atomic E-state index is 13.1. The monoisotopic (exact) mass is 422 g/mol. The second-order valence-corrected chi connectivity index (χ2v) is 9.89. The van der Waals surface area contributed by atoms with Crippen LogP contribution in [0.4, 0.5) is 10.5 Å². The van der Waals surface area contributed by atoms with E-state index in [9.17, 15) is 9.90 Å². The van der Waals surface area contributed by atoms with Crippen molar-refractivity contribution in [1.29, 1.82) is 0 Å². The van der Waals surface area contributed by atoms with Crippen molar-refractivity contribution in [3.8, 4) is 0 Å². The second-order valence-electron chi connectivity index (χ2n) is 9.89. The van der Waals surface area contributed by atoms with Crippen LogP contribution in [0, 0.1) is 0 Å². The Hall–Kier alpha value is -2.37. The Morgan fingerprint density at radius 2 is 1.77 bits per heavy atom. The summed E-state index contributed by atoms with van der Waals surface area (Å²) >= 11 is 0. The van der Waals surface area contributed by atoms with Gasteiger partial charge in [0.15, 0.2) is 0 Å². The molecule has 1 fully saturated rings. The first-order chi connectivity index (χ1) is 14.8. The highest BCUT2D eigenvalue weighted by molar-refractivity contribution is 5.92. The molecule has 2 aromatic carbocycles. The van der Waals surface area contributed by atoms with Gasteiger partial charge >= 0.3 is 6.09 Å². The minimum Gasteiger partial charge on any atom is -0.443 e. The molecule has 2 aromatic rings. The summed E-state index contributed by atoms with van der Waals surface area (Å²) in [5.41, 5.74) is 4.08. The highest BCUT2D eigenvalue weighted by Gasteiger charge is 2.48. The number of aliphatic hydroxyl groups excluding tert-OH is 1. The number of likely N-dealkylation sites (tertiary alicyclic amines) is 1. The van der Waals surface area contributed by atoms with Crippen LogP contribution >= 0.6 is 0 Å². The molecule has 2 heterocycles. The van der Waals surface area contributed by atoms with Crippen LogP contribution in [0.5, 0.6) is 0 Å². The van der Waals surface area contributed by atoms with Crippen LogP contribution in [0.25, 0.3) is 0 Å². The lowest BCUT2D eigenvalue weighted by molar-refractivity contribution is 0.0570. The van der Waals surface area contributed by atoms with Gasteiger partial charge in [-0.15, -0.1) is 0 Å². The van der Waals surface area contributed by atoms with Gasteiger partial charge in [-0.05, 0) is 75.9 Å². The lowest BCUT2D eigenvalue weighted by Crippen LogP contribution is -2.46. The fourth-order valence-corrected chi connectivity index (χ4v) is 5.09. The van der Waals surface area contributed by atoms with Gasteiger partial charge in [0.2, 0.25) is 0 Å². The molecule has 1 amide bonds. The number of ether oxygens (including phenoxy) is 1. The van der Waals surface area contributed by atoms with Gasteiger partial charge in [0, 0.05) is 25.1 Å². The van der Waals surface area contributed by atoms with Crippen molar-refractivity contribution >= 4 is 11.8 Å². The molecular formula is C26H34N2O3. The van der Waals surface area contributed by atoms with Crippen LogP contribution in [0.2, 0.25) is 0 Å². The molecule has 0 aromatic heterocycles. The molecule has 1 spiro atoms. The summed E-state index contributed by atoms with van der Waals surface area (Å²) in [7, 11) is 0. The van der Waals surface area contributed by atoms with Gasteiger partial charge in [0.25, 0.3) is 0 Å². The molecule has 1 saturated heterocycles. The molecule has 0 bridgehead atoms. The largest absolute Gasteiger partial charge is 0.443 e. The maximum atomic E-state index is 13.1. The third-order valence-corrected chi connectivity index (χ3v) is 6.47. The predicted octanol–water partition coefficient (Wildman–Crippen LogP) is 4.51. The number of piperidine rings is 1. The lowest BCUT2D eigenvalue weighted by atomic mass is 9.72. The third kappa shape index (κ3) is 4.63. The number of amides is 1. The Morgan fingerprint density at radius 3 is 2.42 bits per heavy atom. The van der Waals surface area contributed by atoms with Crippen LogP contribution in [0.1, 0.15) is 50.3 Å². The van der Waals surface area contributed by atoms with Crippen LogP contribution in [0.15, 0.2) is 48.5 Å². The minimum atomic E-state index is -0.533. The van der Waals surface area contributed by atoms with Gasteiger partial charge < -0.3 is 9.84 Å². The van der Waals surface area contributed by atoms with Crippen LogP contribution in [-0.4, -0.2) is 47.9 Å². The van der Waals surface area contributed by atoms with Crippen LogP contribution < -0.4 is 4.90 Å². The number of anilines is 1. The summed E-state index contributed by atoms with van der Waals surface area (Å²) in [5.74, 6) is 0. The Morgan fingerprint density at radius 1 is 1.06 bits per heavy atom. The lowest BCUT2D eigenvalue weighted by Gasteiger charge is -2.40. The summed E-state index contributed by atoms with van der Waals surface area (Å²) in [4.78, 5) is 17.4. The third-order valence-electron chi connectivity index (χ3n) is 6.47. The Labute approximate surface area is 185 Å². The molecule has 2 aliphatic heterocycles. The first-order valence-corrected chi connectivity index (χ1v) is 11.3. The quantitative estimate of drug-likeness (QED) is 0.788. The van der Waals surface area contributed by atoms with E-state index in [1.165, 1.54) is 11.1 Å². The number of rotatable bonds is 4. The van der Waals surface area contributed by atoms with E-state index in [2.05, 4.69) is 41.3 Å². The number of hydrogen-bond donors (Lipinski definition) is 1. The molecule has 0 atom stereocenters. The van der Waals surface area contributed by atoms with Gasteiger partial charge in [-0.25, -0.2) is 4.79 Å². The SMILES string of the molecule is CC(C)(C)OC(=O)N1CC2(CCN(Cc3ccccc3)CC2)c2c(CCO)cccc21. The minimum absolute atomic E-state index is 0.0782. The van der Waals surface area contributed by atoms with Gasteiger partial charge in [0.1, 0.15) is 5.60 Å². The average Bonchev–Trinajstić information content (AvgIpc) is 3.05. The molecule has 166 valence electrons. The van der Waals surface area contributed by atoms with Crippen LogP contribution in [-0.2, 0) is 23.1 Å². The molecule has 2 aliphatic rings. The smallest absolute Gasteiger partial charge is 0.414 e. The van der Waals surface area contributed by atoms with E-state index in [0.29, 0.717) is 13.0 Å². The van der Waals surface area contributed by atoms with Gasteiger partial charge in [-0.3, -0.25) is 9.80 Å². The fraction of sp³-hybridized carbons (Fsp3) is 0.500. The molecular weight excluding hydrogens is 388 g/mol. The molecule has 31 heavy (non-hydrogen) atoms. The summed E-state index contributed by atoms with van der Waals surface area (Å²) < 4.78 is 5.74. The summed E-state index contributed by atoms with van der Waals surface area (Å²) in [6.45, 7) is 9.41. The van der Waals surface area contributed by atoms with E-state index in [-0.39, 0.29) is 18.1 Å². The number of aliphatic hydroxyl groups is 1. The maximum Gasteiger partial charge on any atom is 0.414 e. The van der Waals surface area contributed by atoms with Crippen molar-refractivity contribution < 1.29 is 14.6 Å². The predicted molar refractivity (Wildman–Crippen MR) is 123 cm³/mol. The first-order valence-electron chi connectivity index (χ1n) is 11.3. The fourth-order valence-electron chi connectivity index (χ4n) is 5.09. The van der Waals surface area contributed by atoms with Gasteiger partial charge in [-0.2, -0.15) is 0 Å². The zero-order valence-corrected chi connectivity index (χ0v) is 18.9. The van der Waals surface area contributed by atoms with Crippen molar-refractivity contribution in [2.45, 2.75) is 57.6 Å². The number of fused-ring (bicyclic) bond motifs is 2. The Kier molecular flexibility index (Phi) is 6.09. The van der Waals surface area contributed by atoms with E-state index < -0.39 is 5.60 Å². The van der Waals surface area contributed by atoms with Crippen molar-refractivity contribution in [2.75, 3.05) is 31.1 Å². The van der Waals surface area contributed by atoms with Crippen LogP contribution in [0.3, 0.4) is 0 Å². The number of nitrogens with zero attached hydrogens (tertiary/aromatic N) is 2. The van der Waals surface area contributed by atoms with E-state index in [1.807, 2.05) is 37.8 Å². The standard InChI is InChI=1S/C26H34N2O3/c1-25(2,3)31-24(30)28-19-26(23-21(12-17-29)10-7-11-22(23)28)13-15-27(16-14-26)18-20-8-5-4-6-9-20/h4-11,29H,12-19H2,1-3H3. The first kappa shape index (κ1) is 21.8.